The van der Waals surface area contributed by atoms with Crippen molar-refractivity contribution in [1.82, 2.24) is 10.5 Å². The van der Waals surface area contributed by atoms with E-state index in [2.05, 4.69) is 15.8 Å². The lowest BCUT2D eigenvalue weighted by Gasteiger charge is -2.10. The molecular weight excluding hydrogens is 358 g/mol. The van der Waals surface area contributed by atoms with Gasteiger partial charge in [0.15, 0.2) is 17.3 Å². The van der Waals surface area contributed by atoms with Gasteiger partial charge in [-0.2, -0.15) is 0 Å². The number of benzene rings is 1. The fraction of sp³-hybridized carbons (Fsp3) is 0.353. The summed E-state index contributed by atoms with van der Waals surface area (Å²) in [6, 6.07) is 8.92. The second kappa shape index (κ2) is 10.3. The van der Waals surface area contributed by atoms with Crippen molar-refractivity contribution in [2.75, 3.05) is 37.1 Å². The molecule has 0 aliphatic heterocycles. The third kappa shape index (κ3) is 6.67. The minimum Gasteiger partial charge on any atom is -0.493 e. The topological polar surface area (TPSA) is 103 Å². The Labute approximate surface area is 155 Å². The van der Waals surface area contributed by atoms with Gasteiger partial charge in [0.05, 0.1) is 25.2 Å². The Morgan fingerprint density at radius 2 is 1.92 bits per heavy atom. The van der Waals surface area contributed by atoms with E-state index in [-0.39, 0.29) is 23.3 Å². The fourth-order valence-corrected chi connectivity index (χ4v) is 2.63. The van der Waals surface area contributed by atoms with Gasteiger partial charge in [-0.25, -0.2) is 0 Å². The van der Waals surface area contributed by atoms with Crippen LogP contribution >= 0.6 is 11.8 Å². The Bertz CT molecular complexity index is 735. The highest BCUT2D eigenvalue weighted by molar-refractivity contribution is 8.00. The molecule has 2 amide bonds. The highest BCUT2D eigenvalue weighted by Crippen LogP contribution is 2.25. The van der Waals surface area contributed by atoms with Gasteiger partial charge in [0.1, 0.15) is 12.4 Å². The molecule has 1 heterocycles. The first-order valence-electron chi connectivity index (χ1n) is 7.92. The second-order valence-corrected chi connectivity index (χ2v) is 6.20. The summed E-state index contributed by atoms with van der Waals surface area (Å²) in [5.41, 5.74) is 0. The van der Waals surface area contributed by atoms with E-state index in [1.807, 2.05) is 12.1 Å². The maximum absolute atomic E-state index is 11.7. The van der Waals surface area contributed by atoms with E-state index in [0.717, 1.165) is 0 Å². The average Bonchev–Trinajstić information content (AvgIpc) is 3.03. The van der Waals surface area contributed by atoms with Gasteiger partial charge in [-0.05, 0) is 19.1 Å². The first-order valence-corrected chi connectivity index (χ1v) is 9.07. The van der Waals surface area contributed by atoms with Crippen molar-refractivity contribution < 1.29 is 23.6 Å². The van der Waals surface area contributed by atoms with Crippen LogP contribution in [0.15, 0.2) is 34.9 Å². The van der Waals surface area contributed by atoms with Gasteiger partial charge in [-0.3, -0.25) is 9.59 Å². The summed E-state index contributed by atoms with van der Waals surface area (Å²) in [5, 5.41) is 8.99. The molecule has 2 rings (SSSR count). The van der Waals surface area contributed by atoms with Crippen molar-refractivity contribution in [2.24, 2.45) is 0 Å². The smallest absolute Gasteiger partial charge is 0.235 e. The van der Waals surface area contributed by atoms with E-state index in [4.69, 9.17) is 14.0 Å². The summed E-state index contributed by atoms with van der Waals surface area (Å²) < 4.78 is 15.6. The molecule has 0 saturated carbocycles. The maximum Gasteiger partial charge on any atom is 0.235 e. The van der Waals surface area contributed by atoms with Crippen LogP contribution in [0.3, 0.4) is 0 Å². The number of carbonyl (C=O) groups excluding carboxylic acids is 2. The van der Waals surface area contributed by atoms with Gasteiger partial charge in [0.25, 0.3) is 0 Å². The zero-order valence-electron chi connectivity index (χ0n) is 14.6. The Balaban J connectivity index is 1.56. The number of aryl methyl sites for hydroxylation is 1. The van der Waals surface area contributed by atoms with Crippen LogP contribution in [0.2, 0.25) is 0 Å². The molecule has 26 heavy (non-hydrogen) atoms. The fourth-order valence-electron chi connectivity index (χ4n) is 1.98. The van der Waals surface area contributed by atoms with Crippen LogP contribution in [-0.2, 0) is 9.59 Å². The number of carbonyl (C=O) groups is 2. The number of amides is 2. The summed E-state index contributed by atoms with van der Waals surface area (Å²) in [6.45, 7) is 2.42. The van der Waals surface area contributed by atoms with Crippen molar-refractivity contribution in [3.05, 3.63) is 36.1 Å². The molecule has 0 aliphatic rings. The standard InChI is InChI=1S/C17H21N3O5S/c1-12-9-15(20-25-12)19-17(22)11-26-10-16(21)18-7-8-24-14-6-4-3-5-13(14)23-2/h3-6,9H,7-8,10-11H2,1-2H3,(H,18,21)(H,19,20,22). The Morgan fingerprint density at radius 1 is 1.19 bits per heavy atom. The lowest BCUT2D eigenvalue weighted by Crippen LogP contribution is -2.30. The number of anilines is 1. The molecule has 2 aromatic rings. The Kier molecular flexibility index (Phi) is 7.81. The molecular formula is C17H21N3O5S. The van der Waals surface area contributed by atoms with Crippen LogP contribution in [0.5, 0.6) is 11.5 Å². The Morgan fingerprint density at radius 3 is 2.62 bits per heavy atom. The first-order chi connectivity index (χ1) is 12.6. The zero-order valence-corrected chi connectivity index (χ0v) is 15.4. The predicted molar refractivity (Wildman–Crippen MR) is 98.7 cm³/mol. The molecule has 0 aliphatic carbocycles. The van der Waals surface area contributed by atoms with Crippen molar-refractivity contribution in [3.8, 4) is 11.5 Å². The average molecular weight is 379 g/mol. The third-order valence-corrected chi connectivity index (χ3v) is 4.05. The molecule has 0 spiro atoms. The monoisotopic (exact) mass is 379 g/mol. The third-order valence-electron chi connectivity index (χ3n) is 3.11. The van der Waals surface area contributed by atoms with Crippen LogP contribution in [0.4, 0.5) is 5.82 Å². The van der Waals surface area contributed by atoms with E-state index in [9.17, 15) is 9.59 Å². The van der Waals surface area contributed by atoms with Gasteiger partial charge >= 0.3 is 0 Å². The number of nitrogens with one attached hydrogen (secondary N) is 2. The molecule has 0 saturated heterocycles. The van der Waals surface area contributed by atoms with Gasteiger partial charge in [0, 0.05) is 6.07 Å². The maximum atomic E-state index is 11.7. The molecule has 0 radical (unpaired) electrons. The van der Waals surface area contributed by atoms with E-state index in [1.165, 1.54) is 11.8 Å². The van der Waals surface area contributed by atoms with Gasteiger partial charge in [-0.15, -0.1) is 11.8 Å². The SMILES string of the molecule is COc1ccccc1OCCNC(=O)CSCC(=O)Nc1cc(C)on1. The minimum absolute atomic E-state index is 0.150. The van der Waals surface area contributed by atoms with Crippen LogP contribution in [-0.4, -0.2) is 48.7 Å². The van der Waals surface area contributed by atoms with Crippen LogP contribution < -0.4 is 20.1 Å². The van der Waals surface area contributed by atoms with Gasteiger partial charge in [0.2, 0.25) is 11.8 Å². The zero-order chi connectivity index (χ0) is 18.8. The van der Waals surface area contributed by atoms with Crippen LogP contribution in [0.1, 0.15) is 5.76 Å². The van der Waals surface area contributed by atoms with E-state index >= 15 is 0 Å². The van der Waals surface area contributed by atoms with Gasteiger partial charge < -0.3 is 24.6 Å². The van der Waals surface area contributed by atoms with Crippen LogP contribution in [0.25, 0.3) is 0 Å². The molecule has 2 N–H and O–H groups in total. The molecule has 140 valence electrons. The normalized spacial score (nSPS) is 10.2. The number of hydrogen-bond acceptors (Lipinski definition) is 7. The second-order valence-electron chi connectivity index (χ2n) is 5.21. The number of thioether (sulfide) groups is 1. The highest BCUT2D eigenvalue weighted by Gasteiger charge is 2.08. The number of rotatable bonds is 10. The van der Waals surface area contributed by atoms with E-state index in [1.54, 1.807) is 32.2 Å². The van der Waals surface area contributed by atoms with Crippen molar-refractivity contribution in [2.45, 2.75) is 6.92 Å². The summed E-state index contributed by atoms with van der Waals surface area (Å²) in [5.74, 6) is 2.17. The molecule has 8 nitrogen and oxygen atoms in total. The summed E-state index contributed by atoms with van der Waals surface area (Å²) in [6.07, 6.45) is 0. The summed E-state index contributed by atoms with van der Waals surface area (Å²) in [7, 11) is 1.57. The number of para-hydroxylation sites is 2. The molecule has 0 unspecified atom stereocenters. The molecule has 1 aromatic carbocycles. The van der Waals surface area contributed by atoms with Crippen molar-refractivity contribution in [3.63, 3.8) is 0 Å². The number of aromatic nitrogens is 1. The molecule has 0 fully saturated rings. The number of ether oxygens (including phenoxy) is 2. The summed E-state index contributed by atoms with van der Waals surface area (Å²) >= 11 is 1.21. The minimum atomic E-state index is -0.240. The highest BCUT2D eigenvalue weighted by atomic mass is 32.2. The Hall–Kier alpha value is -2.68. The lowest BCUT2D eigenvalue weighted by molar-refractivity contribution is -0.118. The lowest BCUT2D eigenvalue weighted by atomic mass is 10.3. The molecule has 1 aromatic heterocycles. The quantitative estimate of drug-likeness (QED) is 0.607. The van der Waals surface area contributed by atoms with E-state index < -0.39 is 0 Å². The largest absolute Gasteiger partial charge is 0.493 e. The van der Waals surface area contributed by atoms with Gasteiger partial charge in [-0.1, -0.05) is 17.3 Å². The first kappa shape index (κ1) is 19.6. The number of hydrogen-bond donors (Lipinski definition) is 2. The molecule has 9 heteroatoms. The number of nitrogens with zero attached hydrogens (tertiary/aromatic N) is 1. The predicted octanol–water partition coefficient (Wildman–Crippen LogP) is 1.86. The van der Waals surface area contributed by atoms with Crippen LogP contribution in [0, 0.1) is 6.92 Å². The summed E-state index contributed by atoms with van der Waals surface area (Å²) in [4.78, 5) is 23.5. The van der Waals surface area contributed by atoms with E-state index in [0.29, 0.717) is 36.2 Å². The molecule has 0 atom stereocenters. The molecule has 0 bridgehead atoms. The number of methoxy groups -OCH3 is 1. The van der Waals surface area contributed by atoms with Crippen molar-refractivity contribution in [1.29, 1.82) is 0 Å². The van der Waals surface area contributed by atoms with Crippen molar-refractivity contribution >= 4 is 29.4 Å².